The van der Waals surface area contributed by atoms with Crippen molar-refractivity contribution in [3.63, 3.8) is 0 Å². The van der Waals surface area contributed by atoms with Gasteiger partial charge in [-0.05, 0) is 53.8 Å². The third kappa shape index (κ3) is 3.63. The van der Waals surface area contributed by atoms with E-state index < -0.39 is 5.97 Å². The van der Waals surface area contributed by atoms with Crippen molar-refractivity contribution in [2.75, 3.05) is 18.7 Å². The van der Waals surface area contributed by atoms with Gasteiger partial charge in [-0.15, -0.1) is 5.10 Å². The number of carbonyl (C=O) groups is 2. The van der Waals surface area contributed by atoms with Gasteiger partial charge in [0, 0.05) is 11.4 Å². The van der Waals surface area contributed by atoms with Gasteiger partial charge in [0.15, 0.2) is 0 Å². The van der Waals surface area contributed by atoms with E-state index in [-0.39, 0.29) is 5.91 Å². The first-order chi connectivity index (χ1) is 13.5. The van der Waals surface area contributed by atoms with Gasteiger partial charge in [-0.1, -0.05) is 24.8 Å². The molecule has 0 atom stereocenters. The fourth-order valence-electron chi connectivity index (χ4n) is 2.91. The average molecular weight is 400 g/mol. The molecule has 0 bridgehead atoms. The second-order valence-corrected chi connectivity index (χ2v) is 6.68. The minimum Gasteiger partial charge on any atom is -0.465 e. The van der Waals surface area contributed by atoms with E-state index in [4.69, 9.17) is 4.74 Å². The lowest BCUT2D eigenvalue weighted by Crippen LogP contribution is -2.14. The van der Waals surface area contributed by atoms with Gasteiger partial charge in [0.25, 0.3) is 5.91 Å². The zero-order valence-electron chi connectivity index (χ0n) is 15.9. The highest BCUT2D eigenvalue weighted by Gasteiger charge is 2.23. The van der Waals surface area contributed by atoms with Crippen LogP contribution in [0.25, 0.3) is 5.69 Å². The maximum atomic E-state index is 12.8. The van der Waals surface area contributed by atoms with Crippen molar-refractivity contribution >= 4 is 29.3 Å². The fraction of sp³-hybridized carbons (Fsp3) is 0.278. The van der Waals surface area contributed by atoms with E-state index in [0.29, 0.717) is 39.8 Å². The molecule has 0 aliphatic rings. The van der Waals surface area contributed by atoms with Crippen molar-refractivity contribution in [2.45, 2.75) is 25.4 Å². The number of aryl methyl sites for hydroxylation is 1. The summed E-state index contributed by atoms with van der Waals surface area (Å²) in [5.74, 6) is -0.809. The van der Waals surface area contributed by atoms with Gasteiger partial charge in [0.05, 0.1) is 18.4 Å². The first-order valence-corrected chi connectivity index (χ1v) is 9.76. The van der Waals surface area contributed by atoms with Crippen molar-refractivity contribution in [3.05, 3.63) is 46.8 Å². The summed E-state index contributed by atoms with van der Waals surface area (Å²) in [6.07, 6.45) is 2.46. The van der Waals surface area contributed by atoms with E-state index in [1.54, 1.807) is 29.8 Å². The molecule has 0 fully saturated rings. The van der Waals surface area contributed by atoms with Gasteiger partial charge in [-0.3, -0.25) is 4.79 Å². The average Bonchev–Trinajstić information content (AvgIpc) is 3.31. The smallest absolute Gasteiger partial charge is 0.339 e. The number of esters is 1. The zero-order chi connectivity index (χ0) is 20.3. The van der Waals surface area contributed by atoms with Crippen LogP contribution in [0, 0.1) is 6.92 Å². The van der Waals surface area contributed by atoms with Crippen molar-refractivity contribution in [1.29, 1.82) is 0 Å². The summed E-state index contributed by atoms with van der Waals surface area (Å²) in [5, 5.41) is 15.1. The van der Waals surface area contributed by atoms with Crippen LogP contribution in [0.5, 0.6) is 0 Å². The van der Waals surface area contributed by atoms with Crippen LogP contribution in [-0.2, 0) is 11.2 Å². The molecule has 0 aliphatic heterocycles. The van der Waals surface area contributed by atoms with Crippen molar-refractivity contribution in [1.82, 2.24) is 25.2 Å². The Morgan fingerprint density at radius 3 is 2.82 bits per heavy atom. The number of methoxy groups -OCH3 is 1. The number of nitrogens with zero attached hydrogens (tertiary/aromatic N) is 4. The Labute approximate surface area is 165 Å². The SMILES string of the molecule is CCc1[nH]c(C(=O)Nc2cccc(-n3nnnc3SC)c2)c(C)c1C(=O)OC. The topological polar surface area (TPSA) is 115 Å². The maximum absolute atomic E-state index is 12.8. The zero-order valence-corrected chi connectivity index (χ0v) is 16.8. The molecule has 9 nitrogen and oxygen atoms in total. The summed E-state index contributed by atoms with van der Waals surface area (Å²) in [5.41, 5.74) is 3.26. The van der Waals surface area contributed by atoms with E-state index in [2.05, 4.69) is 25.8 Å². The van der Waals surface area contributed by atoms with E-state index in [9.17, 15) is 9.59 Å². The predicted molar refractivity (Wildman–Crippen MR) is 105 cm³/mol. The molecule has 3 aromatic rings. The van der Waals surface area contributed by atoms with Gasteiger partial charge in [-0.25, -0.2) is 4.79 Å². The maximum Gasteiger partial charge on any atom is 0.339 e. The van der Waals surface area contributed by atoms with Crippen LogP contribution in [-0.4, -0.2) is 50.4 Å². The highest BCUT2D eigenvalue weighted by atomic mass is 32.2. The molecule has 0 spiro atoms. The molecule has 10 heteroatoms. The summed E-state index contributed by atoms with van der Waals surface area (Å²) in [6.45, 7) is 3.62. The normalized spacial score (nSPS) is 10.7. The molecule has 2 heterocycles. The Morgan fingerprint density at radius 1 is 1.36 bits per heavy atom. The quantitative estimate of drug-likeness (QED) is 0.483. The monoisotopic (exact) mass is 400 g/mol. The van der Waals surface area contributed by atoms with Gasteiger partial charge in [0.1, 0.15) is 5.69 Å². The molecule has 0 radical (unpaired) electrons. The second kappa shape index (κ2) is 8.26. The van der Waals surface area contributed by atoms with Crippen LogP contribution in [0.3, 0.4) is 0 Å². The summed E-state index contributed by atoms with van der Waals surface area (Å²) >= 11 is 1.42. The van der Waals surface area contributed by atoms with Gasteiger partial charge in [-0.2, -0.15) is 4.68 Å². The van der Waals surface area contributed by atoms with Crippen LogP contribution in [0.2, 0.25) is 0 Å². The van der Waals surface area contributed by atoms with Crippen LogP contribution in [0.1, 0.15) is 39.0 Å². The molecule has 146 valence electrons. The molecule has 1 aromatic carbocycles. The van der Waals surface area contributed by atoms with Crippen molar-refractivity contribution < 1.29 is 14.3 Å². The van der Waals surface area contributed by atoms with E-state index >= 15 is 0 Å². The number of aromatic nitrogens is 5. The van der Waals surface area contributed by atoms with Crippen LogP contribution >= 0.6 is 11.8 Å². The largest absolute Gasteiger partial charge is 0.465 e. The first kappa shape index (κ1) is 19.6. The Hall–Kier alpha value is -3.14. The minimum absolute atomic E-state index is 0.329. The highest BCUT2D eigenvalue weighted by Crippen LogP contribution is 2.23. The number of carbonyl (C=O) groups excluding carboxylic acids is 2. The van der Waals surface area contributed by atoms with E-state index in [1.165, 1.54) is 18.9 Å². The third-order valence-electron chi connectivity index (χ3n) is 4.27. The standard InChI is InChI=1S/C18H20N6O3S/c1-5-13-14(17(26)27-3)10(2)15(20-13)16(25)19-11-7-6-8-12(9-11)24-18(28-4)21-22-23-24/h6-9,20H,5H2,1-4H3,(H,19,25). The molecular formula is C18H20N6O3S. The van der Waals surface area contributed by atoms with E-state index in [0.717, 1.165) is 5.69 Å². The number of amides is 1. The number of hydrogen-bond donors (Lipinski definition) is 2. The summed E-state index contributed by atoms with van der Waals surface area (Å²) in [7, 11) is 1.32. The summed E-state index contributed by atoms with van der Waals surface area (Å²) in [6, 6.07) is 7.19. The number of benzene rings is 1. The summed E-state index contributed by atoms with van der Waals surface area (Å²) < 4.78 is 6.42. The molecule has 0 saturated heterocycles. The Morgan fingerprint density at radius 2 is 2.14 bits per heavy atom. The number of aromatic amines is 1. The number of H-pyrrole nitrogens is 1. The van der Waals surface area contributed by atoms with Gasteiger partial charge < -0.3 is 15.0 Å². The Kier molecular flexibility index (Phi) is 5.78. The molecule has 28 heavy (non-hydrogen) atoms. The lowest BCUT2D eigenvalue weighted by molar-refractivity contribution is 0.0599. The first-order valence-electron chi connectivity index (χ1n) is 8.54. The molecule has 2 aromatic heterocycles. The summed E-state index contributed by atoms with van der Waals surface area (Å²) in [4.78, 5) is 27.9. The molecule has 0 unspecified atom stereocenters. The van der Waals surface area contributed by atoms with Crippen molar-refractivity contribution in [2.24, 2.45) is 0 Å². The molecule has 3 rings (SSSR count). The fourth-order valence-corrected chi connectivity index (χ4v) is 3.34. The van der Waals surface area contributed by atoms with E-state index in [1.807, 2.05) is 19.2 Å². The number of thioether (sulfide) groups is 1. The molecular weight excluding hydrogens is 380 g/mol. The number of rotatable bonds is 6. The van der Waals surface area contributed by atoms with Crippen molar-refractivity contribution in [3.8, 4) is 5.69 Å². The molecule has 2 N–H and O–H groups in total. The number of hydrogen-bond acceptors (Lipinski definition) is 7. The number of anilines is 1. The highest BCUT2D eigenvalue weighted by molar-refractivity contribution is 7.98. The Bertz CT molecular complexity index is 1030. The van der Waals surface area contributed by atoms with Crippen LogP contribution in [0.4, 0.5) is 5.69 Å². The number of ether oxygens (including phenoxy) is 1. The van der Waals surface area contributed by atoms with Crippen LogP contribution < -0.4 is 5.32 Å². The van der Waals surface area contributed by atoms with Crippen LogP contribution in [0.15, 0.2) is 29.4 Å². The predicted octanol–water partition coefficient (Wildman–Crippen LogP) is 2.62. The third-order valence-corrected chi connectivity index (χ3v) is 4.89. The molecule has 1 amide bonds. The number of nitrogens with one attached hydrogen (secondary N) is 2. The Balaban J connectivity index is 1.89. The minimum atomic E-state index is -0.463. The van der Waals surface area contributed by atoms with Gasteiger partial charge >= 0.3 is 5.97 Å². The number of tetrazole rings is 1. The molecule has 0 aliphatic carbocycles. The lowest BCUT2D eigenvalue weighted by atomic mass is 10.1. The second-order valence-electron chi connectivity index (χ2n) is 5.91. The lowest BCUT2D eigenvalue weighted by Gasteiger charge is -2.08. The molecule has 0 saturated carbocycles. The van der Waals surface area contributed by atoms with Gasteiger partial charge in [0.2, 0.25) is 5.16 Å².